The van der Waals surface area contributed by atoms with Gasteiger partial charge in [0.15, 0.2) is 0 Å². The zero-order valence-electron chi connectivity index (χ0n) is 14.3. The summed E-state index contributed by atoms with van der Waals surface area (Å²) in [6.07, 6.45) is -5.77. The molecule has 0 saturated carbocycles. The SMILES string of the molecule is OC[C@@H]1[C@@H](O)[C@H](O)[C@@H](O)C(O)N1CC(c1ccccc1)c1ccccc1. The van der Waals surface area contributed by atoms with Gasteiger partial charge >= 0.3 is 0 Å². The van der Waals surface area contributed by atoms with Crippen LogP contribution in [-0.2, 0) is 0 Å². The third kappa shape index (κ3) is 3.66. The lowest BCUT2D eigenvalue weighted by Crippen LogP contribution is -2.67. The van der Waals surface area contributed by atoms with Crippen molar-refractivity contribution in [3.05, 3.63) is 71.8 Å². The fraction of sp³-hybridized carbons (Fsp3) is 0.400. The molecule has 1 aliphatic heterocycles. The normalized spacial score (nSPS) is 29.8. The molecular formula is C20H25NO5. The van der Waals surface area contributed by atoms with Crippen molar-refractivity contribution in [3.8, 4) is 0 Å². The summed E-state index contributed by atoms with van der Waals surface area (Å²) in [5, 5.41) is 50.4. The summed E-state index contributed by atoms with van der Waals surface area (Å²) >= 11 is 0. The Morgan fingerprint density at radius 3 is 1.69 bits per heavy atom. The summed E-state index contributed by atoms with van der Waals surface area (Å²) in [4.78, 5) is 1.47. The van der Waals surface area contributed by atoms with Crippen LogP contribution in [0.4, 0.5) is 0 Å². The Balaban J connectivity index is 1.95. The van der Waals surface area contributed by atoms with E-state index in [1.165, 1.54) is 4.90 Å². The number of benzene rings is 2. The zero-order valence-corrected chi connectivity index (χ0v) is 14.3. The number of aliphatic hydroxyl groups excluding tert-OH is 5. The maximum atomic E-state index is 10.5. The van der Waals surface area contributed by atoms with E-state index in [0.717, 1.165) is 11.1 Å². The number of nitrogens with zero attached hydrogens (tertiary/aromatic N) is 1. The molecule has 0 bridgehead atoms. The van der Waals surface area contributed by atoms with Gasteiger partial charge in [0.2, 0.25) is 0 Å². The number of hydrogen-bond acceptors (Lipinski definition) is 6. The fourth-order valence-corrected chi connectivity index (χ4v) is 3.64. The fourth-order valence-electron chi connectivity index (χ4n) is 3.64. The summed E-state index contributed by atoms with van der Waals surface area (Å²) < 4.78 is 0. The van der Waals surface area contributed by atoms with Gasteiger partial charge in [-0.2, -0.15) is 0 Å². The Bertz CT molecular complexity index is 644. The number of rotatable bonds is 5. The van der Waals surface area contributed by atoms with E-state index in [9.17, 15) is 25.5 Å². The molecule has 0 spiro atoms. The molecule has 3 rings (SSSR count). The van der Waals surface area contributed by atoms with Crippen LogP contribution in [0.2, 0.25) is 0 Å². The maximum absolute atomic E-state index is 10.5. The van der Waals surface area contributed by atoms with Crippen LogP contribution in [0.25, 0.3) is 0 Å². The molecule has 0 aromatic heterocycles. The number of piperidine rings is 1. The van der Waals surface area contributed by atoms with Gasteiger partial charge in [-0.25, -0.2) is 0 Å². The van der Waals surface area contributed by atoms with Crippen LogP contribution >= 0.6 is 0 Å². The van der Waals surface area contributed by atoms with E-state index < -0.39 is 37.2 Å². The summed E-state index contributed by atoms with van der Waals surface area (Å²) in [7, 11) is 0. The Morgan fingerprint density at radius 1 is 0.731 bits per heavy atom. The topological polar surface area (TPSA) is 104 Å². The molecule has 1 aliphatic rings. The van der Waals surface area contributed by atoms with Crippen LogP contribution in [0, 0.1) is 0 Å². The van der Waals surface area contributed by atoms with Crippen LogP contribution in [0.3, 0.4) is 0 Å². The van der Waals surface area contributed by atoms with Crippen molar-refractivity contribution in [3.63, 3.8) is 0 Å². The quantitative estimate of drug-likeness (QED) is 0.511. The molecule has 140 valence electrons. The standard InChI is InChI=1S/C20H25NO5/c22-12-16-17(23)18(24)19(25)20(26)21(16)11-15(13-7-3-1-4-8-13)14-9-5-2-6-10-14/h1-10,15-20,22-26H,11-12H2/t16-,17-,18+,19-,20?/m1/s1. The van der Waals surface area contributed by atoms with Gasteiger partial charge in [-0.1, -0.05) is 60.7 Å². The van der Waals surface area contributed by atoms with E-state index in [1.54, 1.807) is 0 Å². The summed E-state index contributed by atoms with van der Waals surface area (Å²) in [5.41, 5.74) is 2.02. The molecular weight excluding hydrogens is 334 g/mol. The summed E-state index contributed by atoms with van der Waals surface area (Å²) in [6, 6.07) is 18.6. The van der Waals surface area contributed by atoms with Gasteiger partial charge in [-0.15, -0.1) is 0 Å². The van der Waals surface area contributed by atoms with Gasteiger partial charge < -0.3 is 25.5 Å². The third-order valence-corrected chi connectivity index (χ3v) is 5.15. The molecule has 5 N–H and O–H groups in total. The van der Waals surface area contributed by atoms with E-state index in [2.05, 4.69) is 0 Å². The Hall–Kier alpha value is -1.80. The van der Waals surface area contributed by atoms with Gasteiger partial charge in [0.1, 0.15) is 24.5 Å². The lowest BCUT2D eigenvalue weighted by molar-refractivity contribution is -0.223. The van der Waals surface area contributed by atoms with E-state index in [4.69, 9.17) is 0 Å². The minimum Gasteiger partial charge on any atom is -0.395 e. The van der Waals surface area contributed by atoms with Gasteiger partial charge in [0.05, 0.1) is 12.6 Å². The second-order valence-corrected chi connectivity index (χ2v) is 6.71. The monoisotopic (exact) mass is 359 g/mol. The van der Waals surface area contributed by atoms with Crippen molar-refractivity contribution in [1.82, 2.24) is 4.90 Å². The molecule has 0 aliphatic carbocycles. The van der Waals surface area contributed by atoms with Crippen molar-refractivity contribution < 1.29 is 25.5 Å². The van der Waals surface area contributed by atoms with Crippen LogP contribution in [0.5, 0.6) is 0 Å². The van der Waals surface area contributed by atoms with Gasteiger partial charge in [-0.05, 0) is 11.1 Å². The number of aliphatic hydroxyl groups is 5. The lowest BCUT2D eigenvalue weighted by atomic mass is 9.87. The molecule has 26 heavy (non-hydrogen) atoms. The summed E-state index contributed by atoms with van der Waals surface area (Å²) in [6.45, 7) is -0.181. The molecule has 5 atom stereocenters. The minimum atomic E-state index is -1.51. The molecule has 1 unspecified atom stereocenters. The predicted molar refractivity (Wildman–Crippen MR) is 96.3 cm³/mol. The van der Waals surface area contributed by atoms with E-state index in [1.807, 2.05) is 60.7 Å². The minimum absolute atomic E-state index is 0.143. The Labute approximate surface area is 152 Å². The predicted octanol–water partition coefficient (Wildman–Crippen LogP) is -0.104. The molecule has 1 heterocycles. The highest BCUT2D eigenvalue weighted by Crippen LogP contribution is 2.30. The molecule has 6 nitrogen and oxygen atoms in total. The molecule has 0 radical (unpaired) electrons. The molecule has 2 aromatic rings. The molecule has 0 amide bonds. The van der Waals surface area contributed by atoms with Crippen molar-refractivity contribution in [2.45, 2.75) is 36.5 Å². The second kappa shape index (κ2) is 8.26. The maximum Gasteiger partial charge on any atom is 0.136 e. The Morgan fingerprint density at radius 2 is 1.23 bits per heavy atom. The molecule has 2 aromatic carbocycles. The molecule has 1 saturated heterocycles. The molecule has 6 heteroatoms. The van der Waals surface area contributed by atoms with Crippen molar-refractivity contribution in [2.75, 3.05) is 13.2 Å². The van der Waals surface area contributed by atoms with Crippen LogP contribution in [0.15, 0.2) is 60.7 Å². The largest absolute Gasteiger partial charge is 0.395 e. The van der Waals surface area contributed by atoms with Crippen molar-refractivity contribution in [1.29, 1.82) is 0 Å². The second-order valence-electron chi connectivity index (χ2n) is 6.71. The third-order valence-electron chi connectivity index (χ3n) is 5.15. The van der Waals surface area contributed by atoms with E-state index in [-0.39, 0.29) is 12.5 Å². The molecule has 1 fully saturated rings. The average molecular weight is 359 g/mol. The highest BCUT2D eigenvalue weighted by Gasteiger charge is 2.47. The van der Waals surface area contributed by atoms with Gasteiger partial charge in [-0.3, -0.25) is 4.90 Å². The smallest absolute Gasteiger partial charge is 0.136 e. The first kappa shape index (κ1) is 19.0. The first-order valence-corrected chi connectivity index (χ1v) is 8.73. The van der Waals surface area contributed by atoms with Gasteiger partial charge in [0, 0.05) is 12.5 Å². The first-order valence-electron chi connectivity index (χ1n) is 8.73. The van der Waals surface area contributed by atoms with Crippen LogP contribution in [-0.4, -0.2) is 74.2 Å². The van der Waals surface area contributed by atoms with Crippen LogP contribution in [0.1, 0.15) is 17.0 Å². The van der Waals surface area contributed by atoms with Crippen molar-refractivity contribution >= 4 is 0 Å². The highest BCUT2D eigenvalue weighted by molar-refractivity contribution is 5.33. The van der Waals surface area contributed by atoms with Gasteiger partial charge in [0.25, 0.3) is 0 Å². The van der Waals surface area contributed by atoms with E-state index in [0.29, 0.717) is 0 Å². The first-order chi connectivity index (χ1) is 12.5. The highest BCUT2D eigenvalue weighted by atomic mass is 16.4. The van der Waals surface area contributed by atoms with Crippen molar-refractivity contribution in [2.24, 2.45) is 0 Å². The van der Waals surface area contributed by atoms with E-state index >= 15 is 0 Å². The van der Waals surface area contributed by atoms with Crippen LogP contribution < -0.4 is 0 Å². The lowest BCUT2D eigenvalue weighted by Gasteiger charge is -2.47. The Kier molecular flexibility index (Phi) is 6.03. The summed E-state index contributed by atoms with van der Waals surface area (Å²) in [5.74, 6) is -0.143. The number of hydrogen-bond donors (Lipinski definition) is 5. The number of likely N-dealkylation sites (tertiary alicyclic amines) is 1. The average Bonchev–Trinajstić information content (AvgIpc) is 2.69. The zero-order chi connectivity index (χ0) is 18.7.